The van der Waals surface area contributed by atoms with E-state index < -0.39 is 35.8 Å². The first-order valence-electron chi connectivity index (χ1n) is 8.15. The standard InChI is InChI=1S/C19H18ClF2NO4/c1-12-10-13(20)7-8-16(12)26-9-3-6-18(25)27-11-17(24)23-19-14(21)4-2-5-15(19)22/h2,4-5,7-8,10H,3,6,9,11H2,1H3,(H,23,24). The van der Waals surface area contributed by atoms with Crippen LogP contribution in [0, 0.1) is 18.6 Å². The van der Waals surface area contributed by atoms with Gasteiger partial charge in [0.25, 0.3) is 5.91 Å². The van der Waals surface area contributed by atoms with E-state index in [1.54, 1.807) is 18.2 Å². The van der Waals surface area contributed by atoms with Crippen molar-refractivity contribution >= 4 is 29.2 Å². The predicted octanol–water partition coefficient (Wildman–Crippen LogP) is 4.27. The summed E-state index contributed by atoms with van der Waals surface area (Å²) in [4.78, 5) is 23.3. The summed E-state index contributed by atoms with van der Waals surface area (Å²) in [5.74, 6) is -2.61. The molecule has 0 aromatic heterocycles. The number of aryl methyl sites for hydroxylation is 1. The highest BCUT2D eigenvalue weighted by Crippen LogP contribution is 2.22. The molecule has 144 valence electrons. The van der Waals surface area contributed by atoms with E-state index in [0.717, 1.165) is 17.7 Å². The van der Waals surface area contributed by atoms with Gasteiger partial charge in [-0.15, -0.1) is 0 Å². The molecular weight excluding hydrogens is 380 g/mol. The van der Waals surface area contributed by atoms with Gasteiger partial charge in [-0.2, -0.15) is 0 Å². The van der Waals surface area contributed by atoms with Crippen molar-refractivity contribution in [2.45, 2.75) is 19.8 Å². The fourth-order valence-corrected chi connectivity index (χ4v) is 2.41. The van der Waals surface area contributed by atoms with Crippen molar-refractivity contribution in [2.24, 2.45) is 0 Å². The van der Waals surface area contributed by atoms with Crippen molar-refractivity contribution in [3.8, 4) is 5.75 Å². The van der Waals surface area contributed by atoms with Crippen LogP contribution in [0.2, 0.25) is 5.02 Å². The van der Waals surface area contributed by atoms with Crippen molar-refractivity contribution < 1.29 is 27.8 Å². The summed E-state index contributed by atoms with van der Waals surface area (Å²) < 4.78 is 37.2. The lowest BCUT2D eigenvalue weighted by molar-refractivity contribution is -0.147. The van der Waals surface area contributed by atoms with Crippen molar-refractivity contribution in [1.82, 2.24) is 0 Å². The Morgan fingerprint density at radius 2 is 1.85 bits per heavy atom. The van der Waals surface area contributed by atoms with Gasteiger partial charge in [-0.3, -0.25) is 9.59 Å². The normalized spacial score (nSPS) is 10.4. The topological polar surface area (TPSA) is 64.6 Å². The number of carbonyl (C=O) groups excluding carboxylic acids is 2. The Bertz CT molecular complexity index is 809. The molecule has 0 saturated carbocycles. The summed E-state index contributed by atoms with van der Waals surface area (Å²) in [6, 6.07) is 8.40. The Morgan fingerprint density at radius 1 is 1.15 bits per heavy atom. The molecule has 27 heavy (non-hydrogen) atoms. The number of hydrogen-bond acceptors (Lipinski definition) is 4. The first-order valence-corrected chi connectivity index (χ1v) is 8.53. The number of esters is 1. The van der Waals surface area contributed by atoms with Crippen molar-refractivity contribution in [1.29, 1.82) is 0 Å². The SMILES string of the molecule is Cc1cc(Cl)ccc1OCCCC(=O)OCC(=O)Nc1c(F)cccc1F. The Labute approximate surface area is 160 Å². The second-order valence-corrected chi connectivity index (χ2v) is 6.10. The van der Waals surface area contributed by atoms with Crippen LogP contribution in [0.15, 0.2) is 36.4 Å². The number of ether oxygens (including phenoxy) is 2. The molecule has 0 heterocycles. The molecule has 0 atom stereocenters. The predicted molar refractivity (Wildman–Crippen MR) is 96.9 cm³/mol. The molecule has 1 N–H and O–H groups in total. The molecule has 0 aliphatic rings. The second-order valence-electron chi connectivity index (χ2n) is 5.67. The Morgan fingerprint density at radius 3 is 2.52 bits per heavy atom. The van der Waals surface area contributed by atoms with Gasteiger partial charge in [-0.1, -0.05) is 17.7 Å². The minimum Gasteiger partial charge on any atom is -0.493 e. The van der Waals surface area contributed by atoms with E-state index in [1.807, 2.05) is 12.2 Å². The van der Waals surface area contributed by atoms with E-state index >= 15 is 0 Å². The zero-order valence-corrected chi connectivity index (χ0v) is 15.3. The second kappa shape index (κ2) is 9.87. The van der Waals surface area contributed by atoms with E-state index in [4.69, 9.17) is 21.1 Å². The first-order chi connectivity index (χ1) is 12.9. The Balaban J connectivity index is 1.68. The number of amides is 1. The molecule has 0 aliphatic carbocycles. The maximum absolute atomic E-state index is 13.4. The Kier molecular flexibility index (Phi) is 7.55. The molecule has 5 nitrogen and oxygen atoms in total. The molecule has 2 rings (SSSR count). The number of rotatable bonds is 8. The van der Waals surface area contributed by atoms with Gasteiger partial charge in [0, 0.05) is 11.4 Å². The van der Waals surface area contributed by atoms with E-state index in [2.05, 4.69) is 0 Å². The number of carbonyl (C=O) groups is 2. The molecule has 0 bridgehead atoms. The molecular formula is C19H18ClF2NO4. The van der Waals surface area contributed by atoms with Crippen LogP contribution in [0.5, 0.6) is 5.75 Å². The lowest BCUT2D eigenvalue weighted by atomic mass is 10.2. The van der Waals surface area contributed by atoms with Crippen LogP contribution < -0.4 is 10.1 Å². The fourth-order valence-electron chi connectivity index (χ4n) is 2.18. The zero-order chi connectivity index (χ0) is 19.8. The molecule has 0 spiro atoms. The van der Waals surface area contributed by atoms with Crippen molar-refractivity contribution in [3.63, 3.8) is 0 Å². The maximum Gasteiger partial charge on any atom is 0.306 e. The molecule has 0 fully saturated rings. The largest absolute Gasteiger partial charge is 0.493 e. The molecule has 0 saturated heterocycles. The number of nitrogens with one attached hydrogen (secondary N) is 1. The van der Waals surface area contributed by atoms with Crippen LogP contribution in [-0.4, -0.2) is 25.1 Å². The first kappa shape index (κ1) is 20.6. The zero-order valence-electron chi connectivity index (χ0n) is 14.6. The third-order valence-electron chi connectivity index (χ3n) is 3.51. The molecule has 2 aromatic rings. The van der Waals surface area contributed by atoms with Crippen LogP contribution in [0.3, 0.4) is 0 Å². The van der Waals surface area contributed by atoms with Crippen LogP contribution in [0.25, 0.3) is 0 Å². The lowest BCUT2D eigenvalue weighted by Crippen LogP contribution is -2.22. The van der Waals surface area contributed by atoms with Gasteiger partial charge in [-0.25, -0.2) is 8.78 Å². The molecule has 2 aromatic carbocycles. The highest BCUT2D eigenvalue weighted by atomic mass is 35.5. The highest BCUT2D eigenvalue weighted by Gasteiger charge is 2.13. The molecule has 0 radical (unpaired) electrons. The fraction of sp³-hybridized carbons (Fsp3) is 0.263. The van der Waals surface area contributed by atoms with Crippen LogP contribution in [0.4, 0.5) is 14.5 Å². The van der Waals surface area contributed by atoms with Gasteiger partial charge in [0.2, 0.25) is 0 Å². The van der Waals surface area contributed by atoms with Gasteiger partial charge in [0.15, 0.2) is 6.61 Å². The van der Waals surface area contributed by atoms with Gasteiger partial charge < -0.3 is 14.8 Å². The van der Waals surface area contributed by atoms with E-state index in [1.165, 1.54) is 6.07 Å². The van der Waals surface area contributed by atoms with E-state index in [9.17, 15) is 18.4 Å². The van der Waals surface area contributed by atoms with Gasteiger partial charge >= 0.3 is 5.97 Å². The Hall–Kier alpha value is -2.67. The van der Waals surface area contributed by atoms with E-state index in [0.29, 0.717) is 17.2 Å². The number of hydrogen-bond donors (Lipinski definition) is 1. The highest BCUT2D eigenvalue weighted by molar-refractivity contribution is 6.30. The van der Waals surface area contributed by atoms with Crippen LogP contribution >= 0.6 is 11.6 Å². The molecule has 8 heteroatoms. The summed E-state index contributed by atoms with van der Waals surface area (Å²) in [6.07, 6.45) is 0.415. The smallest absolute Gasteiger partial charge is 0.306 e. The van der Waals surface area contributed by atoms with Crippen molar-refractivity contribution in [2.75, 3.05) is 18.5 Å². The van der Waals surface area contributed by atoms with Crippen LogP contribution in [-0.2, 0) is 14.3 Å². The summed E-state index contributed by atoms with van der Waals surface area (Å²) in [6.45, 7) is 1.50. The lowest BCUT2D eigenvalue weighted by Gasteiger charge is -2.10. The van der Waals surface area contributed by atoms with E-state index in [-0.39, 0.29) is 13.0 Å². The number of anilines is 1. The summed E-state index contributed by atoms with van der Waals surface area (Å²) in [5, 5.41) is 2.64. The minimum atomic E-state index is -0.913. The molecule has 0 aliphatic heterocycles. The van der Waals surface area contributed by atoms with Crippen LogP contribution in [0.1, 0.15) is 18.4 Å². The number of benzene rings is 2. The molecule has 0 unspecified atom stereocenters. The molecule has 1 amide bonds. The average Bonchev–Trinajstić information content (AvgIpc) is 2.61. The third-order valence-corrected chi connectivity index (χ3v) is 3.75. The number of para-hydroxylation sites is 1. The third kappa shape index (κ3) is 6.53. The number of halogens is 3. The van der Waals surface area contributed by atoms with Gasteiger partial charge in [0.05, 0.1) is 6.61 Å². The summed E-state index contributed by atoms with van der Waals surface area (Å²) in [5.41, 5.74) is 0.299. The van der Waals surface area contributed by atoms with Gasteiger partial charge in [0.1, 0.15) is 23.1 Å². The summed E-state index contributed by atoms with van der Waals surface area (Å²) >= 11 is 5.86. The quantitative estimate of drug-likeness (QED) is 0.533. The monoisotopic (exact) mass is 397 g/mol. The van der Waals surface area contributed by atoms with Gasteiger partial charge in [-0.05, 0) is 49.2 Å². The minimum absolute atomic E-state index is 0.0357. The summed E-state index contributed by atoms with van der Waals surface area (Å²) in [7, 11) is 0. The van der Waals surface area contributed by atoms with Crippen molar-refractivity contribution in [3.05, 3.63) is 58.6 Å². The average molecular weight is 398 g/mol. The maximum atomic E-state index is 13.4.